The third-order valence-electron chi connectivity index (χ3n) is 5.20. The van der Waals surface area contributed by atoms with Gasteiger partial charge in [0, 0.05) is 28.8 Å². The van der Waals surface area contributed by atoms with Gasteiger partial charge in [-0.15, -0.1) is 0 Å². The second kappa shape index (κ2) is 9.18. The smallest absolute Gasteiger partial charge is 0.233 e. The Hall–Kier alpha value is -2.05. The zero-order chi connectivity index (χ0) is 20.2. The van der Waals surface area contributed by atoms with Crippen molar-refractivity contribution in [2.75, 3.05) is 18.8 Å². The van der Waals surface area contributed by atoms with Crippen molar-refractivity contribution in [3.63, 3.8) is 0 Å². The Balaban J connectivity index is 1.63. The van der Waals surface area contributed by atoms with Crippen LogP contribution in [0.1, 0.15) is 24.8 Å². The maximum atomic E-state index is 12.6. The van der Waals surface area contributed by atoms with Crippen LogP contribution in [0, 0.1) is 6.92 Å². The molecule has 4 nitrogen and oxygen atoms in total. The molecule has 1 aromatic heterocycles. The summed E-state index contributed by atoms with van der Waals surface area (Å²) in [5.74, 6) is 0.626. The minimum atomic E-state index is 0.207. The summed E-state index contributed by atoms with van der Waals surface area (Å²) in [5.41, 5.74) is 4.39. The summed E-state index contributed by atoms with van der Waals surface area (Å²) in [6, 6.07) is 16.7. The first kappa shape index (κ1) is 20.2. The Morgan fingerprint density at radius 2 is 1.72 bits per heavy atom. The van der Waals surface area contributed by atoms with Crippen molar-refractivity contribution < 1.29 is 4.79 Å². The van der Waals surface area contributed by atoms with E-state index in [1.807, 2.05) is 23.2 Å². The standard InChI is InChI=1S/C23H24BrN3OS/c1-17-5-11-20(12-6-17)27-21(18-7-9-19(24)10-8-18)15-25-23(27)29-16-22(28)26-13-3-2-4-14-26/h5-12,15H,2-4,13-14,16H2,1H3. The number of hydrogen-bond donors (Lipinski definition) is 0. The van der Waals surface area contributed by atoms with E-state index in [0.717, 1.165) is 52.5 Å². The van der Waals surface area contributed by atoms with Gasteiger partial charge in [0.15, 0.2) is 5.16 Å². The minimum absolute atomic E-state index is 0.207. The number of amides is 1. The highest BCUT2D eigenvalue weighted by atomic mass is 79.9. The topological polar surface area (TPSA) is 38.1 Å². The first-order valence-corrected chi connectivity index (χ1v) is 11.7. The SMILES string of the molecule is Cc1ccc(-n2c(-c3ccc(Br)cc3)cnc2SCC(=O)N2CCCCC2)cc1. The molecule has 0 atom stereocenters. The lowest BCUT2D eigenvalue weighted by Gasteiger charge is -2.26. The molecule has 29 heavy (non-hydrogen) atoms. The molecule has 1 amide bonds. The van der Waals surface area contributed by atoms with Gasteiger partial charge in [-0.25, -0.2) is 4.98 Å². The molecule has 0 N–H and O–H groups in total. The van der Waals surface area contributed by atoms with Gasteiger partial charge in [0.05, 0.1) is 17.6 Å². The predicted molar refractivity (Wildman–Crippen MR) is 123 cm³/mol. The number of halogens is 1. The zero-order valence-electron chi connectivity index (χ0n) is 16.5. The normalized spacial score (nSPS) is 14.2. The van der Waals surface area contributed by atoms with E-state index in [1.54, 1.807) is 0 Å². The summed E-state index contributed by atoms with van der Waals surface area (Å²) in [6.07, 6.45) is 5.35. The fourth-order valence-electron chi connectivity index (χ4n) is 3.57. The zero-order valence-corrected chi connectivity index (χ0v) is 18.9. The number of piperidine rings is 1. The first-order chi connectivity index (χ1) is 14.1. The Morgan fingerprint density at radius 1 is 1.03 bits per heavy atom. The molecular weight excluding hydrogens is 446 g/mol. The lowest BCUT2D eigenvalue weighted by Crippen LogP contribution is -2.36. The number of carbonyl (C=O) groups is 1. The number of carbonyl (C=O) groups excluding carboxylic acids is 1. The molecular formula is C23H24BrN3OS. The van der Waals surface area contributed by atoms with Gasteiger partial charge >= 0.3 is 0 Å². The highest BCUT2D eigenvalue weighted by molar-refractivity contribution is 9.10. The van der Waals surface area contributed by atoms with Crippen LogP contribution in [0.2, 0.25) is 0 Å². The lowest BCUT2D eigenvalue weighted by molar-refractivity contribution is -0.129. The average molecular weight is 470 g/mol. The Bertz CT molecular complexity index is 976. The largest absolute Gasteiger partial charge is 0.342 e. The van der Waals surface area contributed by atoms with Crippen molar-refractivity contribution in [2.45, 2.75) is 31.3 Å². The fraction of sp³-hybridized carbons (Fsp3) is 0.304. The van der Waals surface area contributed by atoms with Crippen LogP contribution >= 0.6 is 27.7 Å². The predicted octanol–water partition coefficient (Wildman–Crippen LogP) is 5.71. The van der Waals surface area contributed by atoms with Gasteiger partial charge in [-0.05, 0) is 50.5 Å². The number of aryl methyl sites for hydroxylation is 1. The number of imidazole rings is 1. The van der Waals surface area contributed by atoms with Crippen molar-refractivity contribution in [2.24, 2.45) is 0 Å². The molecule has 1 aliphatic heterocycles. The maximum Gasteiger partial charge on any atom is 0.233 e. The first-order valence-electron chi connectivity index (χ1n) is 9.93. The molecule has 3 aromatic rings. The van der Waals surface area contributed by atoms with E-state index in [9.17, 15) is 4.79 Å². The van der Waals surface area contributed by atoms with Crippen LogP contribution < -0.4 is 0 Å². The van der Waals surface area contributed by atoms with Gasteiger partial charge in [-0.3, -0.25) is 9.36 Å². The van der Waals surface area contributed by atoms with Crippen molar-refractivity contribution in [3.05, 3.63) is 64.8 Å². The summed E-state index contributed by atoms with van der Waals surface area (Å²) >= 11 is 5.02. The van der Waals surface area contributed by atoms with Crippen LogP contribution in [0.5, 0.6) is 0 Å². The molecule has 0 radical (unpaired) electrons. The molecule has 6 heteroatoms. The van der Waals surface area contributed by atoms with Crippen molar-refractivity contribution >= 4 is 33.6 Å². The van der Waals surface area contributed by atoms with E-state index in [4.69, 9.17) is 0 Å². The highest BCUT2D eigenvalue weighted by Gasteiger charge is 2.19. The number of rotatable bonds is 5. The summed E-state index contributed by atoms with van der Waals surface area (Å²) in [7, 11) is 0. The maximum absolute atomic E-state index is 12.6. The molecule has 0 spiro atoms. The van der Waals surface area contributed by atoms with E-state index >= 15 is 0 Å². The lowest BCUT2D eigenvalue weighted by atomic mass is 10.1. The van der Waals surface area contributed by atoms with Crippen molar-refractivity contribution in [1.82, 2.24) is 14.5 Å². The number of aromatic nitrogens is 2. The van der Waals surface area contributed by atoms with Crippen molar-refractivity contribution in [3.8, 4) is 16.9 Å². The molecule has 2 heterocycles. The number of thioether (sulfide) groups is 1. The van der Waals surface area contributed by atoms with Gasteiger partial charge in [-0.2, -0.15) is 0 Å². The Kier molecular flexibility index (Phi) is 6.40. The van der Waals surface area contributed by atoms with Crippen LogP contribution in [-0.4, -0.2) is 39.2 Å². The summed E-state index contributed by atoms with van der Waals surface area (Å²) < 4.78 is 3.20. The molecule has 0 unspecified atom stereocenters. The Labute approximate surface area is 184 Å². The minimum Gasteiger partial charge on any atom is -0.342 e. The van der Waals surface area contributed by atoms with Crippen LogP contribution in [0.3, 0.4) is 0 Å². The van der Waals surface area contributed by atoms with E-state index in [0.29, 0.717) is 5.75 Å². The fourth-order valence-corrected chi connectivity index (χ4v) is 4.72. The molecule has 0 bridgehead atoms. The third-order valence-corrected chi connectivity index (χ3v) is 6.66. The van der Waals surface area contributed by atoms with E-state index < -0.39 is 0 Å². The number of nitrogens with zero attached hydrogens (tertiary/aromatic N) is 3. The van der Waals surface area contributed by atoms with E-state index in [-0.39, 0.29) is 5.91 Å². The second-order valence-electron chi connectivity index (χ2n) is 7.33. The number of benzene rings is 2. The van der Waals surface area contributed by atoms with Gasteiger partial charge in [0.1, 0.15) is 0 Å². The quantitative estimate of drug-likeness (QED) is 0.448. The van der Waals surface area contributed by atoms with E-state index in [1.165, 1.54) is 23.7 Å². The third kappa shape index (κ3) is 4.75. The van der Waals surface area contributed by atoms with Gasteiger partial charge in [0.2, 0.25) is 5.91 Å². The summed E-state index contributed by atoms with van der Waals surface area (Å²) in [4.78, 5) is 19.3. The average Bonchev–Trinajstić information content (AvgIpc) is 3.17. The highest BCUT2D eigenvalue weighted by Crippen LogP contribution is 2.31. The molecule has 1 fully saturated rings. The van der Waals surface area contributed by atoms with Crippen molar-refractivity contribution in [1.29, 1.82) is 0 Å². The summed E-state index contributed by atoms with van der Waals surface area (Å²) in [5, 5.41) is 0.845. The van der Waals surface area contributed by atoms with Gasteiger partial charge in [-0.1, -0.05) is 57.5 Å². The van der Waals surface area contributed by atoms with Gasteiger partial charge in [0.25, 0.3) is 0 Å². The molecule has 0 aliphatic carbocycles. The number of likely N-dealkylation sites (tertiary alicyclic amines) is 1. The molecule has 4 rings (SSSR count). The molecule has 150 valence electrons. The second-order valence-corrected chi connectivity index (χ2v) is 9.19. The Morgan fingerprint density at radius 3 is 2.41 bits per heavy atom. The van der Waals surface area contributed by atoms with Crippen LogP contribution in [0.25, 0.3) is 16.9 Å². The molecule has 1 aliphatic rings. The molecule has 1 saturated heterocycles. The summed E-state index contributed by atoms with van der Waals surface area (Å²) in [6.45, 7) is 3.85. The van der Waals surface area contributed by atoms with Crippen LogP contribution in [0.4, 0.5) is 0 Å². The monoisotopic (exact) mass is 469 g/mol. The molecule has 0 saturated carbocycles. The van der Waals surface area contributed by atoms with Crippen LogP contribution in [-0.2, 0) is 4.79 Å². The van der Waals surface area contributed by atoms with E-state index in [2.05, 4.69) is 68.8 Å². The molecule has 2 aromatic carbocycles. The number of hydrogen-bond acceptors (Lipinski definition) is 3. The van der Waals surface area contributed by atoms with Gasteiger partial charge < -0.3 is 4.90 Å². The van der Waals surface area contributed by atoms with Crippen LogP contribution in [0.15, 0.2) is 64.4 Å².